The number of nitrogens with one attached hydrogen (secondary N) is 1. The van der Waals surface area contributed by atoms with Gasteiger partial charge < -0.3 is 10.2 Å². The van der Waals surface area contributed by atoms with E-state index in [-0.39, 0.29) is 30.5 Å². The molecule has 3 rings (SSSR count). The van der Waals surface area contributed by atoms with Crippen LogP contribution in [0.5, 0.6) is 0 Å². The molecule has 23 heavy (non-hydrogen) atoms. The standard InChI is InChI=1S/C17H14ClFN2O2/c18-12-5-7-13(8-6-12)21-10-11(9-16(21)22)17(23)20-15-4-2-1-3-14(15)19/h1-8,11H,9-10H2,(H,20,23). The molecule has 0 radical (unpaired) electrons. The number of halogens is 2. The van der Waals surface area contributed by atoms with E-state index in [1.54, 1.807) is 41.3 Å². The molecule has 1 aliphatic rings. The van der Waals surface area contributed by atoms with Gasteiger partial charge in [0.15, 0.2) is 0 Å². The summed E-state index contributed by atoms with van der Waals surface area (Å²) in [6, 6.07) is 12.8. The van der Waals surface area contributed by atoms with E-state index >= 15 is 0 Å². The molecule has 0 bridgehead atoms. The highest BCUT2D eigenvalue weighted by molar-refractivity contribution is 6.30. The molecule has 6 heteroatoms. The van der Waals surface area contributed by atoms with Gasteiger partial charge in [-0.3, -0.25) is 9.59 Å². The van der Waals surface area contributed by atoms with Crippen LogP contribution in [0.2, 0.25) is 5.02 Å². The molecule has 0 aromatic heterocycles. The van der Waals surface area contributed by atoms with Gasteiger partial charge >= 0.3 is 0 Å². The molecule has 1 aliphatic heterocycles. The van der Waals surface area contributed by atoms with Crippen molar-refractivity contribution in [1.82, 2.24) is 0 Å². The lowest BCUT2D eigenvalue weighted by Crippen LogP contribution is -2.28. The van der Waals surface area contributed by atoms with Crippen LogP contribution >= 0.6 is 11.6 Å². The smallest absolute Gasteiger partial charge is 0.229 e. The number of rotatable bonds is 3. The van der Waals surface area contributed by atoms with Gasteiger partial charge in [0.05, 0.1) is 11.6 Å². The van der Waals surface area contributed by atoms with Crippen molar-refractivity contribution in [2.45, 2.75) is 6.42 Å². The van der Waals surface area contributed by atoms with E-state index in [0.717, 1.165) is 0 Å². The Balaban J connectivity index is 1.71. The van der Waals surface area contributed by atoms with Gasteiger partial charge in [-0.25, -0.2) is 4.39 Å². The van der Waals surface area contributed by atoms with Crippen molar-refractivity contribution >= 4 is 34.8 Å². The molecule has 118 valence electrons. The lowest BCUT2D eigenvalue weighted by atomic mass is 10.1. The monoisotopic (exact) mass is 332 g/mol. The average Bonchev–Trinajstić information content (AvgIpc) is 2.92. The molecule has 1 fully saturated rings. The molecular formula is C17H14ClFN2O2. The predicted octanol–water partition coefficient (Wildman–Crippen LogP) is 3.47. The molecule has 1 N–H and O–H groups in total. The Bertz CT molecular complexity index is 749. The minimum Gasteiger partial charge on any atom is -0.323 e. The maximum atomic E-state index is 13.6. The van der Waals surface area contributed by atoms with Crippen LogP contribution in [0.15, 0.2) is 48.5 Å². The molecule has 2 amide bonds. The largest absolute Gasteiger partial charge is 0.323 e. The normalized spacial score (nSPS) is 17.4. The van der Waals surface area contributed by atoms with Crippen molar-refractivity contribution in [3.8, 4) is 0 Å². The highest BCUT2D eigenvalue weighted by atomic mass is 35.5. The summed E-state index contributed by atoms with van der Waals surface area (Å²) in [5.41, 5.74) is 0.815. The van der Waals surface area contributed by atoms with E-state index in [1.165, 1.54) is 12.1 Å². The highest BCUT2D eigenvalue weighted by Crippen LogP contribution is 2.27. The zero-order valence-corrected chi connectivity index (χ0v) is 12.9. The number of benzene rings is 2. The van der Waals surface area contributed by atoms with E-state index in [9.17, 15) is 14.0 Å². The zero-order valence-electron chi connectivity index (χ0n) is 12.1. The van der Waals surface area contributed by atoms with Crippen molar-refractivity contribution in [3.05, 3.63) is 59.4 Å². The van der Waals surface area contributed by atoms with Gasteiger partial charge in [0.25, 0.3) is 0 Å². The summed E-state index contributed by atoms with van der Waals surface area (Å²) < 4.78 is 13.6. The van der Waals surface area contributed by atoms with Crippen molar-refractivity contribution in [2.75, 3.05) is 16.8 Å². The van der Waals surface area contributed by atoms with E-state index < -0.39 is 11.7 Å². The number of carbonyl (C=O) groups is 2. The summed E-state index contributed by atoms with van der Waals surface area (Å²) in [6.45, 7) is 0.265. The molecule has 2 aromatic rings. The number of anilines is 2. The van der Waals surface area contributed by atoms with E-state index in [1.807, 2.05) is 0 Å². The first-order chi connectivity index (χ1) is 11.0. The van der Waals surface area contributed by atoms with Gasteiger partial charge in [-0.15, -0.1) is 0 Å². The quantitative estimate of drug-likeness (QED) is 0.935. The van der Waals surface area contributed by atoms with Crippen molar-refractivity contribution < 1.29 is 14.0 Å². The second-order valence-electron chi connectivity index (χ2n) is 5.35. The van der Waals surface area contributed by atoms with Gasteiger partial charge in [0.2, 0.25) is 11.8 Å². The van der Waals surface area contributed by atoms with Crippen LogP contribution in [-0.4, -0.2) is 18.4 Å². The van der Waals surface area contributed by atoms with Crippen LogP contribution in [0.3, 0.4) is 0 Å². The Morgan fingerprint density at radius 1 is 1.17 bits per heavy atom. The Kier molecular flexibility index (Phi) is 4.30. The number of carbonyl (C=O) groups excluding carboxylic acids is 2. The lowest BCUT2D eigenvalue weighted by molar-refractivity contribution is -0.122. The number of nitrogens with zero attached hydrogens (tertiary/aromatic N) is 1. The first kappa shape index (κ1) is 15.5. The average molecular weight is 333 g/mol. The second kappa shape index (κ2) is 6.38. The zero-order chi connectivity index (χ0) is 16.4. The molecular weight excluding hydrogens is 319 g/mol. The molecule has 4 nitrogen and oxygen atoms in total. The third-order valence-corrected chi connectivity index (χ3v) is 4.02. The van der Waals surface area contributed by atoms with E-state index in [2.05, 4.69) is 5.32 Å². The predicted molar refractivity (Wildman–Crippen MR) is 86.9 cm³/mol. The molecule has 1 atom stereocenters. The SMILES string of the molecule is O=C(Nc1ccccc1F)C1CC(=O)N(c2ccc(Cl)cc2)C1. The van der Waals surface area contributed by atoms with Crippen molar-refractivity contribution in [3.63, 3.8) is 0 Å². The van der Waals surface area contributed by atoms with Crippen LogP contribution in [0.4, 0.5) is 15.8 Å². The number of amides is 2. The molecule has 1 heterocycles. The maximum Gasteiger partial charge on any atom is 0.229 e. The molecule has 1 unspecified atom stereocenters. The van der Waals surface area contributed by atoms with Gasteiger partial charge in [-0.1, -0.05) is 23.7 Å². The Morgan fingerprint density at radius 3 is 2.57 bits per heavy atom. The Hall–Kier alpha value is -2.40. The maximum absolute atomic E-state index is 13.6. The van der Waals surface area contributed by atoms with Gasteiger partial charge in [-0.2, -0.15) is 0 Å². The number of hydrogen-bond acceptors (Lipinski definition) is 2. The van der Waals surface area contributed by atoms with E-state index in [0.29, 0.717) is 10.7 Å². The van der Waals surface area contributed by atoms with Crippen LogP contribution in [0.25, 0.3) is 0 Å². The molecule has 2 aromatic carbocycles. The van der Waals surface area contributed by atoms with E-state index in [4.69, 9.17) is 11.6 Å². The van der Waals surface area contributed by atoms with Crippen LogP contribution in [-0.2, 0) is 9.59 Å². The Labute approximate surface area is 137 Å². The first-order valence-electron chi connectivity index (χ1n) is 7.16. The van der Waals surface area contributed by atoms with Gasteiger partial charge in [0.1, 0.15) is 5.82 Å². The van der Waals surface area contributed by atoms with Crippen molar-refractivity contribution in [1.29, 1.82) is 0 Å². The summed E-state index contributed by atoms with van der Waals surface area (Å²) in [6.07, 6.45) is 0.100. The summed E-state index contributed by atoms with van der Waals surface area (Å²) in [4.78, 5) is 25.9. The lowest BCUT2D eigenvalue weighted by Gasteiger charge is -2.16. The van der Waals surface area contributed by atoms with Crippen LogP contribution in [0, 0.1) is 11.7 Å². The highest BCUT2D eigenvalue weighted by Gasteiger charge is 2.35. The summed E-state index contributed by atoms with van der Waals surface area (Å²) in [5, 5.41) is 3.12. The molecule has 1 saturated heterocycles. The number of hydrogen-bond donors (Lipinski definition) is 1. The van der Waals surface area contributed by atoms with Crippen LogP contribution < -0.4 is 10.2 Å². The minimum absolute atomic E-state index is 0.100. The number of para-hydroxylation sites is 1. The third kappa shape index (κ3) is 3.35. The van der Waals surface area contributed by atoms with Gasteiger partial charge in [0, 0.05) is 23.7 Å². The second-order valence-corrected chi connectivity index (χ2v) is 5.79. The third-order valence-electron chi connectivity index (χ3n) is 3.77. The minimum atomic E-state index is -0.516. The first-order valence-corrected chi connectivity index (χ1v) is 7.54. The topological polar surface area (TPSA) is 49.4 Å². The fourth-order valence-corrected chi connectivity index (χ4v) is 2.68. The Morgan fingerprint density at radius 2 is 1.87 bits per heavy atom. The molecule has 0 aliphatic carbocycles. The molecule has 0 spiro atoms. The van der Waals surface area contributed by atoms with Crippen molar-refractivity contribution in [2.24, 2.45) is 5.92 Å². The van der Waals surface area contributed by atoms with Crippen LogP contribution in [0.1, 0.15) is 6.42 Å². The summed E-state index contributed by atoms with van der Waals surface area (Å²) >= 11 is 5.84. The molecule has 0 saturated carbocycles. The summed E-state index contributed by atoms with van der Waals surface area (Å²) in [7, 11) is 0. The van der Waals surface area contributed by atoms with Gasteiger partial charge in [-0.05, 0) is 36.4 Å². The fourth-order valence-electron chi connectivity index (χ4n) is 2.55. The summed E-state index contributed by atoms with van der Waals surface area (Å²) in [5.74, 6) is -1.52. The fraction of sp³-hybridized carbons (Fsp3) is 0.176.